The minimum atomic E-state index is -0.809. The van der Waals surface area contributed by atoms with Crippen molar-refractivity contribution in [1.29, 1.82) is 0 Å². The van der Waals surface area contributed by atoms with Gasteiger partial charge in [0, 0.05) is 6.54 Å². The molecule has 0 bridgehead atoms. The Morgan fingerprint density at radius 2 is 2.07 bits per heavy atom. The summed E-state index contributed by atoms with van der Waals surface area (Å²) in [7, 11) is 1.23. The lowest BCUT2D eigenvalue weighted by Crippen LogP contribution is -2.47. The number of nitrogens with zero attached hydrogens (tertiary/aromatic N) is 1. The van der Waals surface area contributed by atoms with Crippen LogP contribution in [0.15, 0.2) is 36.4 Å². The number of aryl methyl sites for hydroxylation is 2. The first-order valence-electron chi connectivity index (χ1n) is 9.10. The summed E-state index contributed by atoms with van der Waals surface area (Å²) in [6.45, 7) is 2.29. The zero-order chi connectivity index (χ0) is 20.3. The summed E-state index contributed by atoms with van der Waals surface area (Å²) < 4.78 is 23.8. The number of para-hydroxylation sites is 1. The molecule has 0 radical (unpaired) electrons. The van der Waals surface area contributed by atoms with E-state index in [-0.39, 0.29) is 5.91 Å². The van der Waals surface area contributed by atoms with Gasteiger partial charge in [-0.15, -0.1) is 0 Å². The maximum atomic E-state index is 14.3. The Hall–Kier alpha value is -2.93. The van der Waals surface area contributed by atoms with Crippen LogP contribution in [0.4, 0.5) is 14.9 Å². The fourth-order valence-corrected chi connectivity index (χ4v) is 3.45. The maximum absolute atomic E-state index is 14.3. The molecule has 2 aromatic rings. The van der Waals surface area contributed by atoms with E-state index in [1.54, 1.807) is 24.3 Å². The zero-order valence-corrected chi connectivity index (χ0v) is 15.9. The quantitative estimate of drug-likeness (QED) is 0.645. The van der Waals surface area contributed by atoms with Gasteiger partial charge in [0.15, 0.2) is 0 Å². The van der Waals surface area contributed by atoms with Gasteiger partial charge in [0.05, 0.1) is 18.8 Å². The monoisotopic (exact) mass is 386 g/mol. The standard InChI is InChI=1S/C21H23FN2O4/c1-13-11-16(28-21(26)27-2)9-8-15(13)12-18(23)20(25)24-10-4-6-14-5-3-7-17(22)19(14)24/h3,5,7-9,11,18H,4,6,10,12,23H2,1-2H3/t18-/m0/s1. The fraction of sp³-hybridized carbons (Fsp3) is 0.333. The van der Waals surface area contributed by atoms with Crippen molar-refractivity contribution in [2.24, 2.45) is 5.73 Å². The highest BCUT2D eigenvalue weighted by Gasteiger charge is 2.29. The number of hydrogen-bond acceptors (Lipinski definition) is 5. The summed E-state index contributed by atoms with van der Waals surface area (Å²) >= 11 is 0. The van der Waals surface area contributed by atoms with Crippen molar-refractivity contribution >= 4 is 17.7 Å². The number of rotatable bonds is 4. The van der Waals surface area contributed by atoms with E-state index < -0.39 is 18.0 Å². The smallest absolute Gasteiger partial charge is 0.437 e. The highest BCUT2D eigenvalue weighted by molar-refractivity contribution is 5.98. The van der Waals surface area contributed by atoms with E-state index in [1.807, 2.05) is 13.0 Å². The van der Waals surface area contributed by atoms with Crippen LogP contribution in [0.2, 0.25) is 0 Å². The summed E-state index contributed by atoms with van der Waals surface area (Å²) in [5.41, 5.74) is 9.02. The topological polar surface area (TPSA) is 81.9 Å². The molecule has 0 aliphatic carbocycles. The molecule has 0 aromatic heterocycles. The van der Waals surface area contributed by atoms with Crippen molar-refractivity contribution in [3.8, 4) is 5.75 Å². The molecule has 148 valence electrons. The molecule has 2 aromatic carbocycles. The summed E-state index contributed by atoms with van der Waals surface area (Å²) in [5, 5.41) is 0. The highest BCUT2D eigenvalue weighted by Crippen LogP contribution is 2.30. The Balaban J connectivity index is 1.75. The summed E-state index contributed by atoms with van der Waals surface area (Å²) in [6, 6.07) is 9.10. The average Bonchev–Trinajstić information content (AvgIpc) is 2.69. The van der Waals surface area contributed by atoms with Crippen LogP contribution < -0.4 is 15.4 Å². The predicted molar refractivity (Wildman–Crippen MR) is 103 cm³/mol. The number of carbonyl (C=O) groups is 2. The molecule has 1 aliphatic heterocycles. The van der Waals surface area contributed by atoms with Gasteiger partial charge in [-0.25, -0.2) is 9.18 Å². The van der Waals surface area contributed by atoms with Crippen molar-refractivity contribution < 1.29 is 23.5 Å². The molecule has 1 atom stereocenters. The number of benzene rings is 2. The van der Waals surface area contributed by atoms with E-state index in [0.29, 0.717) is 24.4 Å². The number of anilines is 1. The summed E-state index contributed by atoms with van der Waals surface area (Å²) in [4.78, 5) is 25.6. The van der Waals surface area contributed by atoms with Gasteiger partial charge in [-0.05, 0) is 61.1 Å². The lowest BCUT2D eigenvalue weighted by atomic mass is 9.97. The van der Waals surface area contributed by atoms with Crippen LogP contribution in [0.25, 0.3) is 0 Å². The Morgan fingerprint density at radius 3 is 2.79 bits per heavy atom. The van der Waals surface area contributed by atoms with Gasteiger partial charge < -0.3 is 20.1 Å². The third-order valence-electron chi connectivity index (χ3n) is 4.87. The first kappa shape index (κ1) is 19.8. The second kappa shape index (κ2) is 8.39. The van der Waals surface area contributed by atoms with Crippen molar-refractivity contribution in [3.05, 3.63) is 58.9 Å². The highest BCUT2D eigenvalue weighted by atomic mass is 19.1. The first-order valence-corrected chi connectivity index (χ1v) is 9.10. The number of nitrogens with two attached hydrogens (primary N) is 1. The minimum Gasteiger partial charge on any atom is -0.437 e. The number of hydrogen-bond donors (Lipinski definition) is 1. The van der Waals surface area contributed by atoms with Crippen LogP contribution in [0.3, 0.4) is 0 Å². The number of ether oxygens (including phenoxy) is 2. The lowest BCUT2D eigenvalue weighted by molar-refractivity contribution is -0.119. The Bertz CT molecular complexity index is 900. The molecule has 28 heavy (non-hydrogen) atoms. The molecule has 0 unspecified atom stereocenters. The van der Waals surface area contributed by atoms with Gasteiger partial charge in [0.1, 0.15) is 11.6 Å². The number of methoxy groups -OCH3 is 1. The number of fused-ring (bicyclic) bond motifs is 1. The fourth-order valence-electron chi connectivity index (χ4n) is 3.45. The van der Waals surface area contributed by atoms with E-state index in [4.69, 9.17) is 10.5 Å². The van der Waals surface area contributed by atoms with Crippen molar-refractivity contribution in [3.63, 3.8) is 0 Å². The van der Waals surface area contributed by atoms with Crippen LogP contribution in [0.1, 0.15) is 23.1 Å². The van der Waals surface area contributed by atoms with E-state index >= 15 is 0 Å². The second-order valence-electron chi connectivity index (χ2n) is 6.80. The Labute approximate surface area is 163 Å². The van der Waals surface area contributed by atoms with Crippen molar-refractivity contribution in [1.82, 2.24) is 0 Å². The molecule has 6 nitrogen and oxygen atoms in total. The lowest BCUT2D eigenvalue weighted by Gasteiger charge is -2.31. The van der Waals surface area contributed by atoms with Gasteiger partial charge in [-0.3, -0.25) is 4.79 Å². The van der Waals surface area contributed by atoms with E-state index in [9.17, 15) is 14.0 Å². The van der Waals surface area contributed by atoms with Gasteiger partial charge in [0.25, 0.3) is 0 Å². The molecule has 2 N–H and O–H groups in total. The molecule has 0 fully saturated rings. The largest absolute Gasteiger partial charge is 0.513 e. The minimum absolute atomic E-state index is 0.295. The third kappa shape index (κ3) is 4.14. The molecule has 3 rings (SSSR count). The van der Waals surface area contributed by atoms with Crippen LogP contribution in [0.5, 0.6) is 5.75 Å². The molecule has 1 heterocycles. The number of carbonyl (C=O) groups excluding carboxylic acids is 2. The van der Waals surface area contributed by atoms with Gasteiger partial charge in [-0.2, -0.15) is 0 Å². The SMILES string of the molecule is COC(=O)Oc1ccc(C[C@H](N)C(=O)N2CCCc3cccc(F)c32)c(C)c1. The molecule has 1 aliphatic rings. The molecular weight excluding hydrogens is 363 g/mol. The van der Waals surface area contributed by atoms with Crippen LogP contribution in [0, 0.1) is 12.7 Å². The van der Waals surface area contributed by atoms with Gasteiger partial charge in [-0.1, -0.05) is 18.2 Å². The van der Waals surface area contributed by atoms with Crippen molar-refractivity contribution in [2.45, 2.75) is 32.2 Å². The molecule has 7 heteroatoms. The normalized spacial score (nSPS) is 14.2. The van der Waals surface area contributed by atoms with Gasteiger partial charge >= 0.3 is 6.16 Å². The van der Waals surface area contributed by atoms with E-state index in [1.165, 1.54) is 18.1 Å². The third-order valence-corrected chi connectivity index (χ3v) is 4.87. The number of amides is 1. The predicted octanol–water partition coefficient (Wildman–Crippen LogP) is 3.13. The molecule has 0 saturated carbocycles. The zero-order valence-electron chi connectivity index (χ0n) is 15.9. The number of halogens is 1. The van der Waals surface area contributed by atoms with E-state index in [0.717, 1.165) is 29.5 Å². The molecule has 1 amide bonds. The second-order valence-corrected chi connectivity index (χ2v) is 6.80. The van der Waals surface area contributed by atoms with Crippen LogP contribution in [-0.2, 0) is 22.4 Å². The maximum Gasteiger partial charge on any atom is 0.513 e. The first-order chi connectivity index (χ1) is 13.4. The Kier molecular flexibility index (Phi) is 5.94. The summed E-state index contributed by atoms with van der Waals surface area (Å²) in [6.07, 6.45) is 1.01. The van der Waals surface area contributed by atoms with Crippen LogP contribution >= 0.6 is 0 Å². The summed E-state index contributed by atoms with van der Waals surface area (Å²) in [5.74, 6) is -0.362. The molecule has 0 spiro atoms. The van der Waals surface area contributed by atoms with E-state index in [2.05, 4.69) is 4.74 Å². The van der Waals surface area contributed by atoms with Crippen molar-refractivity contribution in [2.75, 3.05) is 18.6 Å². The average molecular weight is 386 g/mol. The molecule has 0 saturated heterocycles. The Morgan fingerprint density at radius 1 is 1.29 bits per heavy atom. The molecular formula is C21H23FN2O4. The van der Waals surface area contributed by atoms with Crippen LogP contribution in [-0.4, -0.2) is 31.8 Å². The van der Waals surface area contributed by atoms with Gasteiger partial charge in [0.2, 0.25) is 5.91 Å².